The van der Waals surface area contributed by atoms with Gasteiger partial charge in [-0.2, -0.15) is 0 Å². The van der Waals surface area contributed by atoms with Gasteiger partial charge < -0.3 is 14.8 Å². The Labute approximate surface area is 203 Å². The van der Waals surface area contributed by atoms with Crippen LogP contribution in [0.1, 0.15) is 42.0 Å². The second-order valence-electron chi connectivity index (χ2n) is 8.38. The Kier molecular flexibility index (Phi) is 6.23. The van der Waals surface area contributed by atoms with Crippen LogP contribution < -0.4 is 14.8 Å². The molecule has 2 aliphatic rings. The summed E-state index contributed by atoms with van der Waals surface area (Å²) in [5.41, 5.74) is 5.81. The maximum Gasteiger partial charge on any atom is 0.174 e. The van der Waals surface area contributed by atoms with Crippen LogP contribution in [0.15, 0.2) is 82.3 Å². The molecule has 3 aromatic carbocycles. The standard InChI is InChI=1S/C28H27BrN2O2/c1-3-33-26-16-18(15-24(29)28(26)32-2)17-30-20-13-11-19(12-14-20)27-23-9-6-8-21(23)22-7-4-5-10-25(22)31-27/h4-8,10-17,21,23,27,31H,3,9H2,1-2H3/t21-,23+,27+/m1/s1. The molecule has 1 aliphatic carbocycles. The fourth-order valence-electron chi connectivity index (χ4n) is 4.91. The average molecular weight is 503 g/mol. The van der Waals surface area contributed by atoms with Gasteiger partial charge in [-0.1, -0.05) is 42.5 Å². The van der Waals surface area contributed by atoms with Crippen LogP contribution in [0.5, 0.6) is 11.5 Å². The molecule has 0 radical (unpaired) electrons. The van der Waals surface area contributed by atoms with E-state index in [4.69, 9.17) is 9.47 Å². The van der Waals surface area contributed by atoms with Crippen LogP contribution in [0.2, 0.25) is 0 Å². The first-order valence-electron chi connectivity index (χ1n) is 11.3. The maximum atomic E-state index is 5.71. The van der Waals surface area contributed by atoms with Gasteiger partial charge >= 0.3 is 0 Å². The van der Waals surface area contributed by atoms with Crippen molar-refractivity contribution in [1.29, 1.82) is 0 Å². The number of nitrogens with one attached hydrogen (secondary N) is 1. The Morgan fingerprint density at radius 1 is 1.12 bits per heavy atom. The van der Waals surface area contributed by atoms with E-state index >= 15 is 0 Å². The number of nitrogens with zero attached hydrogens (tertiary/aromatic N) is 1. The molecular weight excluding hydrogens is 476 g/mol. The van der Waals surface area contributed by atoms with Gasteiger partial charge in [-0.25, -0.2) is 0 Å². The van der Waals surface area contributed by atoms with E-state index in [2.05, 4.69) is 86.9 Å². The maximum absolute atomic E-state index is 5.71. The van der Waals surface area contributed by atoms with E-state index in [1.54, 1.807) is 7.11 Å². The first-order chi connectivity index (χ1) is 16.2. The molecule has 0 unspecified atom stereocenters. The number of benzene rings is 3. The molecule has 168 valence electrons. The molecule has 5 rings (SSSR count). The van der Waals surface area contributed by atoms with Crippen molar-refractivity contribution in [3.63, 3.8) is 0 Å². The van der Waals surface area contributed by atoms with E-state index in [-0.39, 0.29) is 0 Å². The molecule has 0 amide bonds. The van der Waals surface area contributed by atoms with E-state index in [0.29, 0.717) is 36.0 Å². The molecule has 3 aromatic rings. The zero-order valence-corrected chi connectivity index (χ0v) is 20.4. The third-order valence-electron chi connectivity index (χ3n) is 6.42. The molecule has 5 heteroatoms. The Morgan fingerprint density at radius 2 is 1.94 bits per heavy atom. The Bertz CT molecular complexity index is 1200. The molecule has 0 saturated heterocycles. The smallest absolute Gasteiger partial charge is 0.174 e. The number of hydrogen-bond acceptors (Lipinski definition) is 4. The van der Waals surface area contributed by atoms with Crippen molar-refractivity contribution in [1.82, 2.24) is 0 Å². The van der Waals surface area contributed by atoms with Crippen molar-refractivity contribution < 1.29 is 9.47 Å². The minimum absolute atomic E-state index is 0.296. The monoisotopic (exact) mass is 502 g/mol. The molecule has 0 spiro atoms. The van der Waals surface area contributed by atoms with Gasteiger partial charge in [0.05, 0.1) is 29.9 Å². The predicted molar refractivity (Wildman–Crippen MR) is 138 cm³/mol. The van der Waals surface area contributed by atoms with Crippen LogP contribution in [0.3, 0.4) is 0 Å². The first-order valence-corrected chi connectivity index (χ1v) is 12.1. The van der Waals surface area contributed by atoms with E-state index < -0.39 is 0 Å². The number of ether oxygens (including phenoxy) is 2. The number of aliphatic imine (C=N–C) groups is 1. The minimum Gasteiger partial charge on any atom is -0.492 e. The number of allylic oxidation sites excluding steroid dienone is 2. The molecule has 3 atom stereocenters. The van der Waals surface area contributed by atoms with E-state index in [9.17, 15) is 0 Å². The van der Waals surface area contributed by atoms with Gasteiger partial charge in [-0.15, -0.1) is 0 Å². The molecule has 4 nitrogen and oxygen atoms in total. The van der Waals surface area contributed by atoms with Crippen molar-refractivity contribution in [3.05, 3.63) is 94.0 Å². The second kappa shape index (κ2) is 9.44. The van der Waals surface area contributed by atoms with Crippen LogP contribution in [-0.4, -0.2) is 19.9 Å². The Morgan fingerprint density at radius 3 is 2.73 bits per heavy atom. The van der Waals surface area contributed by atoms with Crippen LogP contribution in [-0.2, 0) is 0 Å². The predicted octanol–water partition coefficient (Wildman–Crippen LogP) is 7.43. The highest BCUT2D eigenvalue weighted by Gasteiger charge is 2.37. The minimum atomic E-state index is 0.296. The van der Waals surface area contributed by atoms with E-state index in [0.717, 1.165) is 22.1 Å². The normalized spacial score (nSPS) is 20.9. The Hall–Kier alpha value is -3.05. The fraction of sp³-hybridized carbons (Fsp3) is 0.250. The van der Waals surface area contributed by atoms with Crippen molar-refractivity contribution in [2.75, 3.05) is 19.0 Å². The molecular formula is C28H27BrN2O2. The van der Waals surface area contributed by atoms with Gasteiger partial charge in [0.2, 0.25) is 0 Å². The summed E-state index contributed by atoms with van der Waals surface area (Å²) < 4.78 is 12.0. The van der Waals surface area contributed by atoms with E-state index in [1.165, 1.54) is 16.8 Å². The van der Waals surface area contributed by atoms with Crippen LogP contribution in [0.4, 0.5) is 11.4 Å². The fourth-order valence-corrected chi connectivity index (χ4v) is 5.54. The van der Waals surface area contributed by atoms with Crippen LogP contribution in [0.25, 0.3) is 0 Å². The highest BCUT2D eigenvalue weighted by molar-refractivity contribution is 9.10. The number of hydrogen-bond donors (Lipinski definition) is 1. The zero-order valence-electron chi connectivity index (χ0n) is 18.8. The number of methoxy groups -OCH3 is 1. The summed E-state index contributed by atoms with van der Waals surface area (Å²) in [6, 6.07) is 21.5. The number of rotatable bonds is 6. The molecule has 0 bridgehead atoms. The summed E-state index contributed by atoms with van der Waals surface area (Å²) in [6.45, 7) is 2.53. The number of para-hydroxylation sites is 1. The summed E-state index contributed by atoms with van der Waals surface area (Å²) in [7, 11) is 1.64. The highest BCUT2D eigenvalue weighted by Crippen LogP contribution is 2.49. The van der Waals surface area contributed by atoms with Crippen molar-refractivity contribution in [2.45, 2.75) is 25.3 Å². The second-order valence-corrected chi connectivity index (χ2v) is 9.23. The highest BCUT2D eigenvalue weighted by atomic mass is 79.9. The summed E-state index contributed by atoms with van der Waals surface area (Å²) in [6.07, 6.45) is 7.66. The van der Waals surface area contributed by atoms with Gasteiger partial charge in [0, 0.05) is 17.8 Å². The molecule has 0 fully saturated rings. The topological polar surface area (TPSA) is 42.8 Å². The molecule has 1 N–H and O–H groups in total. The first kappa shape index (κ1) is 21.8. The van der Waals surface area contributed by atoms with Gasteiger partial charge in [0.25, 0.3) is 0 Å². The average Bonchev–Trinajstić information content (AvgIpc) is 3.33. The third-order valence-corrected chi connectivity index (χ3v) is 7.01. The number of halogens is 1. The Balaban J connectivity index is 1.36. The lowest BCUT2D eigenvalue weighted by Gasteiger charge is -2.37. The van der Waals surface area contributed by atoms with Crippen molar-refractivity contribution >= 4 is 33.5 Å². The van der Waals surface area contributed by atoms with Gasteiger partial charge in [0.15, 0.2) is 11.5 Å². The van der Waals surface area contributed by atoms with Crippen molar-refractivity contribution in [2.24, 2.45) is 10.9 Å². The summed E-state index contributed by atoms with van der Waals surface area (Å²) >= 11 is 3.56. The molecule has 1 heterocycles. The molecule has 0 aromatic heterocycles. The summed E-state index contributed by atoms with van der Waals surface area (Å²) in [4.78, 5) is 4.69. The largest absolute Gasteiger partial charge is 0.492 e. The van der Waals surface area contributed by atoms with Gasteiger partial charge in [-0.05, 0) is 82.2 Å². The summed E-state index contributed by atoms with van der Waals surface area (Å²) in [5.74, 6) is 2.43. The van der Waals surface area contributed by atoms with Crippen molar-refractivity contribution in [3.8, 4) is 11.5 Å². The molecule has 0 saturated carbocycles. The van der Waals surface area contributed by atoms with E-state index in [1.807, 2.05) is 25.3 Å². The quantitative estimate of drug-likeness (QED) is 0.281. The lowest BCUT2D eigenvalue weighted by Crippen LogP contribution is -2.28. The SMILES string of the molecule is CCOc1cc(C=Nc2ccc([C@@H]3Nc4ccccc4[C@H]4C=CC[C@@H]43)cc2)cc(Br)c1OC. The lowest BCUT2D eigenvalue weighted by atomic mass is 9.77. The third kappa shape index (κ3) is 4.30. The zero-order chi connectivity index (χ0) is 22.8. The molecule has 1 aliphatic heterocycles. The number of fused-ring (bicyclic) bond motifs is 3. The van der Waals surface area contributed by atoms with Crippen LogP contribution in [0, 0.1) is 5.92 Å². The lowest BCUT2D eigenvalue weighted by molar-refractivity contribution is 0.310. The number of anilines is 1. The van der Waals surface area contributed by atoms with Crippen LogP contribution >= 0.6 is 15.9 Å². The summed E-state index contributed by atoms with van der Waals surface area (Å²) in [5, 5.41) is 3.79. The molecule has 33 heavy (non-hydrogen) atoms. The van der Waals surface area contributed by atoms with Gasteiger partial charge in [-0.3, -0.25) is 4.99 Å². The van der Waals surface area contributed by atoms with Gasteiger partial charge in [0.1, 0.15) is 0 Å².